The molecule has 0 unspecified atom stereocenters. The maximum absolute atomic E-state index is 13.4. The molecule has 0 saturated carbocycles. The van der Waals surface area contributed by atoms with E-state index in [1.54, 1.807) is 28.8 Å². The lowest BCUT2D eigenvalue weighted by Gasteiger charge is -2.14. The van der Waals surface area contributed by atoms with E-state index in [0.717, 1.165) is 0 Å². The van der Waals surface area contributed by atoms with Gasteiger partial charge in [-0.3, -0.25) is 14.2 Å². The van der Waals surface area contributed by atoms with Gasteiger partial charge in [0, 0.05) is 18.7 Å². The number of ether oxygens (including phenoxy) is 1. The lowest BCUT2D eigenvalue weighted by Crippen LogP contribution is -2.24. The van der Waals surface area contributed by atoms with Crippen LogP contribution in [0.3, 0.4) is 0 Å². The first kappa shape index (κ1) is 21.2. The average Bonchev–Trinajstić information content (AvgIpc) is 2.70. The third kappa shape index (κ3) is 5.52. The van der Waals surface area contributed by atoms with Crippen LogP contribution in [0.5, 0.6) is 0 Å². The van der Waals surface area contributed by atoms with Crippen molar-refractivity contribution in [2.45, 2.75) is 38.1 Å². The summed E-state index contributed by atoms with van der Waals surface area (Å²) in [6.45, 7) is 4.90. The van der Waals surface area contributed by atoms with Crippen LogP contribution >= 0.6 is 11.8 Å². The standard InChI is InChI=1S/C22H23FN2O3S/c1-15(2)28-12-6-11-25-21(27)18-9-3-4-10-19(18)24-22(25)29-14-20(26)16-7-5-8-17(23)13-16/h3-5,7-10,13,15H,6,11-12,14H2,1-2H3. The zero-order chi connectivity index (χ0) is 20.8. The highest BCUT2D eigenvalue weighted by atomic mass is 32.2. The van der Waals surface area contributed by atoms with Gasteiger partial charge in [0.05, 0.1) is 22.8 Å². The van der Waals surface area contributed by atoms with Crippen molar-refractivity contribution >= 4 is 28.4 Å². The molecule has 3 rings (SSSR count). The van der Waals surface area contributed by atoms with E-state index in [-0.39, 0.29) is 23.2 Å². The number of carbonyl (C=O) groups is 1. The number of hydrogen-bond donors (Lipinski definition) is 0. The lowest BCUT2D eigenvalue weighted by atomic mass is 10.1. The maximum atomic E-state index is 13.4. The lowest BCUT2D eigenvalue weighted by molar-refractivity contribution is 0.0743. The molecule has 0 aliphatic heterocycles. The SMILES string of the molecule is CC(C)OCCCn1c(SCC(=O)c2cccc(F)c2)nc2ccccc2c1=O. The van der Waals surface area contributed by atoms with Crippen LogP contribution in [0, 0.1) is 5.82 Å². The smallest absolute Gasteiger partial charge is 0.262 e. The van der Waals surface area contributed by atoms with E-state index in [2.05, 4.69) is 4.98 Å². The van der Waals surface area contributed by atoms with E-state index in [4.69, 9.17) is 4.74 Å². The molecule has 0 aliphatic carbocycles. The summed E-state index contributed by atoms with van der Waals surface area (Å²) in [7, 11) is 0. The van der Waals surface area contributed by atoms with Crippen molar-refractivity contribution in [2.75, 3.05) is 12.4 Å². The highest BCUT2D eigenvalue weighted by molar-refractivity contribution is 7.99. The molecule has 3 aromatic rings. The monoisotopic (exact) mass is 414 g/mol. The van der Waals surface area contributed by atoms with Crippen LogP contribution in [0.2, 0.25) is 0 Å². The number of Topliss-reactive ketones (excluding diaryl/α,β-unsaturated/α-hetero) is 1. The van der Waals surface area contributed by atoms with Crippen molar-refractivity contribution in [3.05, 3.63) is 70.3 Å². The summed E-state index contributed by atoms with van der Waals surface area (Å²) in [6, 6.07) is 12.8. The maximum Gasteiger partial charge on any atom is 0.262 e. The van der Waals surface area contributed by atoms with E-state index in [1.165, 1.54) is 30.0 Å². The molecule has 29 heavy (non-hydrogen) atoms. The van der Waals surface area contributed by atoms with Gasteiger partial charge < -0.3 is 4.74 Å². The van der Waals surface area contributed by atoms with Crippen molar-refractivity contribution in [1.82, 2.24) is 9.55 Å². The Labute approximate surface area is 172 Å². The Morgan fingerprint density at radius 2 is 2.00 bits per heavy atom. The van der Waals surface area contributed by atoms with Gasteiger partial charge in [-0.1, -0.05) is 36.0 Å². The molecule has 0 N–H and O–H groups in total. The van der Waals surface area contributed by atoms with E-state index in [1.807, 2.05) is 19.9 Å². The first-order chi connectivity index (χ1) is 14.0. The van der Waals surface area contributed by atoms with Gasteiger partial charge >= 0.3 is 0 Å². The number of aromatic nitrogens is 2. The zero-order valence-corrected chi connectivity index (χ0v) is 17.2. The molecule has 152 valence electrons. The number of thioether (sulfide) groups is 1. The van der Waals surface area contributed by atoms with Crippen LogP contribution in [-0.4, -0.2) is 33.8 Å². The van der Waals surface area contributed by atoms with Gasteiger partial charge in [-0.25, -0.2) is 9.37 Å². The minimum Gasteiger partial charge on any atom is -0.379 e. The molecule has 7 heteroatoms. The Hall–Kier alpha value is -2.51. The molecule has 0 atom stereocenters. The fourth-order valence-electron chi connectivity index (χ4n) is 2.87. The van der Waals surface area contributed by atoms with Gasteiger partial charge in [0.1, 0.15) is 5.82 Å². The minimum atomic E-state index is -0.452. The molecule has 0 radical (unpaired) electrons. The van der Waals surface area contributed by atoms with Crippen LogP contribution < -0.4 is 5.56 Å². The van der Waals surface area contributed by atoms with Gasteiger partial charge in [-0.15, -0.1) is 0 Å². The molecule has 0 saturated heterocycles. The number of nitrogens with zero attached hydrogens (tertiary/aromatic N) is 2. The summed E-state index contributed by atoms with van der Waals surface area (Å²) in [5, 5.41) is 1.01. The van der Waals surface area contributed by atoms with Gasteiger partial charge in [0.25, 0.3) is 5.56 Å². The number of benzene rings is 2. The van der Waals surface area contributed by atoms with Gasteiger partial charge in [0.2, 0.25) is 0 Å². The molecule has 0 amide bonds. The predicted molar refractivity (Wildman–Crippen MR) is 113 cm³/mol. The van der Waals surface area contributed by atoms with E-state index < -0.39 is 5.82 Å². The number of rotatable bonds is 9. The van der Waals surface area contributed by atoms with Gasteiger partial charge in [0.15, 0.2) is 10.9 Å². The number of hydrogen-bond acceptors (Lipinski definition) is 5. The highest BCUT2D eigenvalue weighted by Crippen LogP contribution is 2.20. The molecular formula is C22H23FN2O3S. The Bertz CT molecular complexity index is 1070. The second kappa shape index (κ2) is 9.80. The quantitative estimate of drug-likeness (QED) is 0.226. The number of para-hydroxylation sites is 1. The summed E-state index contributed by atoms with van der Waals surface area (Å²) in [6.07, 6.45) is 0.781. The van der Waals surface area contributed by atoms with Crippen LogP contribution in [0.25, 0.3) is 10.9 Å². The van der Waals surface area contributed by atoms with Crippen molar-refractivity contribution < 1.29 is 13.9 Å². The second-order valence-corrected chi connectivity index (χ2v) is 7.81. The van der Waals surface area contributed by atoms with Crippen molar-refractivity contribution in [1.29, 1.82) is 0 Å². The molecule has 5 nitrogen and oxygen atoms in total. The summed E-state index contributed by atoms with van der Waals surface area (Å²) in [5.74, 6) is -0.602. The Morgan fingerprint density at radius 3 is 2.76 bits per heavy atom. The molecular weight excluding hydrogens is 391 g/mol. The van der Waals surface area contributed by atoms with Crippen LogP contribution in [-0.2, 0) is 11.3 Å². The summed E-state index contributed by atoms with van der Waals surface area (Å²) in [5.41, 5.74) is 0.756. The first-order valence-electron chi connectivity index (χ1n) is 9.48. The van der Waals surface area contributed by atoms with Crippen molar-refractivity contribution in [2.24, 2.45) is 0 Å². The summed E-state index contributed by atoms with van der Waals surface area (Å²) in [4.78, 5) is 30.0. The van der Waals surface area contributed by atoms with Gasteiger partial charge in [-0.2, -0.15) is 0 Å². The number of fused-ring (bicyclic) bond motifs is 1. The second-order valence-electron chi connectivity index (χ2n) is 6.86. The fourth-order valence-corrected chi connectivity index (χ4v) is 3.79. The van der Waals surface area contributed by atoms with Crippen LogP contribution in [0.1, 0.15) is 30.6 Å². The first-order valence-corrected chi connectivity index (χ1v) is 10.5. The molecule has 2 aromatic carbocycles. The third-order valence-corrected chi connectivity index (χ3v) is 5.26. The normalized spacial score (nSPS) is 11.3. The largest absolute Gasteiger partial charge is 0.379 e. The molecule has 1 aromatic heterocycles. The molecule has 0 aliphatic rings. The van der Waals surface area contributed by atoms with Gasteiger partial charge in [-0.05, 0) is 44.5 Å². The Morgan fingerprint density at radius 1 is 1.21 bits per heavy atom. The van der Waals surface area contributed by atoms with Crippen LogP contribution in [0.15, 0.2) is 58.5 Å². The molecule has 0 bridgehead atoms. The predicted octanol–water partition coefficient (Wildman–Crippen LogP) is 4.33. The topological polar surface area (TPSA) is 61.2 Å². The number of ketones is 1. The Kier molecular flexibility index (Phi) is 7.17. The molecule has 0 fully saturated rings. The molecule has 1 heterocycles. The zero-order valence-electron chi connectivity index (χ0n) is 16.4. The van der Waals surface area contributed by atoms with E-state index in [0.29, 0.717) is 41.2 Å². The number of carbonyl (C=O) groups excluding carboxylic acids is 1. The summed E-state index contributed by atoms with van der Waals surface area (Å²) < 4.78 is 20.5. The Balaban J connectivity index is 1.83. The summed E-state index contributed by atoms with van der Waals surface area (Å²) >= 11 is 1.19. The minimum absolute atomic E-state index is 0.0662. The number of halogens is 1. The average molecular weight is 415 g/mol. The highest BCUT2D eigenvalue weighted by Gasteiger charge is 2.14. The third-order valence-electron chi connectivity index (χ3n) is 4.28. The molecule has 0 spiro atoms. The fraction of sp³-hybridized carbons (Fsp3) is 0.318. The van der Waals surface area contributed by atoms with E-state index in [9.17, 15) is 14.0 Å². The van der Waals surface area contributed by atoms with E-state index >= 15 is 0 Å². The van der Waals surface area contributed by atoms with Crippen molar-refractivity contribution in [3.8, 4) is 0 Å². The van der Waals surface area contributed by atoms with Crippen molar-refractivity contribution in [3.63, 3.8) is 0 Å². The van der Waals surface area contributed by atoms with Crippen LogP contribution in [0.4, 0.5) is 4.39 Å².